The van der Waals surface area contributed by atoms with Crippen LogP contribution >= 0.6 is 11.3 Å². The summed E-state index contributed by atoms with van der Waals surface area (Å²) in [4.78, 5) is 30.1. The van der Waals surface area contributed by atoms with Crippen molar-refractivity contribution in [3.8, 4) is 0 Å². The van der Waals surface area contributed by atoms with Gasteiger partial charge in [0.15, 0.2) is 5.13 Å². The summed E-state index contributed by atoms with van der Waals surface area (Å²) in [6.07, 6.45) is 2.50. The summed E-state index contributed by atoms with van der Waals surface area (Å²) >= 11 is 1.37. The number of H-pyrrole nitrogens is 1. The van der Waals surface area contributed by atoms with Crippen LogP contribution in [0.5, 0.6) is 0 Å². The Labute approximate surface area is 126 Å². The largest absolute Gasteiger partial charge is 0.329 e. The van der Waals surface area contributed by atoms with E-state index in [0.29, 0.717) is 10.7 Å². The van der Waals surface area contributed by atoms with Crippen LogP contribution in [0.25, 0.3) is 0 Å². The van der Waals surface area contributed by atoms with E-state index < -0.39 is 0 Å². The number of nitrogens with one attached hydrogen (secondary N) is 3. The van der Waals surface area contributed by atoms with Crippen LogP contribution in [-0.2, 0) is 0 Å². The van der Waals surface area contributed by atoms with Crippen LogP contribution in [0.1, 0.15) is 42.4 Å². The highest BCUT2D eigenvalue weighted by Gasteiger charge is 2.12. The molecule has 2 aromatic heterocycles. The second kappa shape index (κ2) is 7.14. The number of hydrogen-bond acceptors (Lipinski definition) is 5. The van der Waals surface area contributed by atoms with Crippen LogP contribution in [0.4, 0.5) is 5.13 Å². The normalized spacial score (nSPS) is 12.1. The first-order valence-electron chi connectivity index (χ1n) is 6.79. The summed E-state index contributed by atoms with van der Waals surface area (Å²) in [6, 6.07) is 2.96. The lowest BCUT2D eigenvalue weighted by atomic mass is 10.2. The molecule has 0 radical (unpaired) electrons. The first kappa shape index (κ1) is 15.4. The molecule has 1 unspecified atom stereocenters. The van der Waals surface area contributed by atoms with Crippen molar-refractivity contribution < 1.29 is 4.79 Å². The average molecular weight is 306 g/mol. The summed E-state index contributed by atoms with van der Waals surface area (Å²) in [7, 11) is 0. The van der Waals surface area contributed by atoms with Gasteiger partial charge in [0.05, 0.1) is 5.69 Å². The lowest BCUT2D eigenvalue weighted by Crippen LogP contribution is -2.20. The van der Waals surface area contributed by atoms with Crippen LogP contribution in [0, 0.1) is 0 Å². The molecule has 0 saturated carbocycles. The maximum atomic E-state index is 12.0. The SMILES string of the molecule is CCCNC(C)c1csc(NC(=O)c2cc[nH]c(=O)c2)n1. The Morgan fingerprint density at radius 3 is 3.05 bits per heavy atom. The molecule has 1 amide bonds. The van der Waals surface area contributed by atoms with E-state index in [1.807, 2.05) is 12.3 Å². The number of pyridine rings is 1. The number of aromatic amines is 1. The minimum absolute atomic E-state index is 0.145. The van der Waals surface area contributed by atoms with E-state index in [4.69, 9.17) is 0 Å². The number of nitrogens with zero attached hydrogens (tertiary/aromatic N) is 1. The first-order valence-corrected chi connectivity index (χ1v) is 7.67. The number of amides is 1. The summed E-state index contributed by atoms with van der Waals surface area (Å²) < 4.78 is 0. The van der Waals surface area contributed by atoms with Crippen LogP contribution < -0.4 is 16.2 Å². The minimum Gasteiger partial charge on any atom is -0.329 e. The van der Waals surface area contributed by atoms with E-state index >= 15 is 0 Å². The maximum Gasteiger partial charge on any atom is 0.257 e. The number of carbonyl (C=O) groups excluding carboxylic acids is 1. The van der Waals surface area contributed by atoms with Gasteiger partial charge in [-0.2, -0.15) is 0 Å². The van der Waals surface area contributed by atoms with Gasteiger partial charge in [0.25, 0.3) is 5.91 Å². The first-order chi connectivity index (χ1) is 10.1. The molecular weight excluding hydrogens is 288 g/mol. The molecule has 2 rings (SSSR count). The van der Waals surface area contributed by atoms with Crippen molar-refractivity contribution >= 4 is 22.4 Å². The van der Waals surface area contributed by atoms with E-state index in [9.17, 15) is 9.59 Å². The lowest BCUT2D eigenvalue weighted by molar-refractivity contribution is 0.102. The standard InChI is InChI=1S/C14H18N4O2S/c1-3-5-15-9(2)11-8-21-14(17-11)18-13(20)10-4-6-16-12(19)7-10/h4,6-9,15H,3,5H2,1-2H3,(H,16,19)(H,17,18,20). The maximum absolute atomic E-state index is 12.0. The molecule has 0 saturated heterocycles. The Morgan fingerprint density at radius 2 is 2.33 bits per heavy atom. The molecule has 0 aliphatic rings. The molecule has 0 fully saturated rings. The number of rotatable bonds is 6. The van der Waals surface area contributed by atoms with Gasteiger partial charge in [-0.3, -0.25) is 14.9 Å². The third-order valence-electron chi connectivity index (χ3n) is 2.92. The number of carbonyl (C=O) groups is 1. The summed E-state index contributed by atoms with van der Waals surface area (Å²) in [5, 5.41) is 8.49. The highest BCUT2D eigenvalue weighted by Crippen LogP contribution is 2.21. The topological polar surface area (TPSA) is 86.9 Å². The van der Waals surface area contributed by atoms with Crippen LogP contribution in [0.15, 0.2) is 28.5 Å². The number of thiazole rings is 1. The van der Waals surface area contributed by atoms with Gasteiger partial charge in [0.2, 0.25) is 5.56 Å². The molecule has 3 N–H and O–H groups in total. The second-order valence-electron chi connectivity index (χ2n) is 4.65. The van der Waals surface area contributed by atoms with Crippen molar-refractivity contribution in [3.05, 3.63) is 45.3 Å². The molecule has 0 aromatic carbocycles. The highest BCUT2D eigenvalue weighted by molar-refractivity contribution is 7.14. The summed E-state index contributed by atoms with van der Waals surface area (Å²) in [6.45, 7) is 5.06. The molecule has 6 nitrogen and oxygen atoms in total. The van der Waals surface area contributed by atoms with Crippen molar-refractivity contribution in [2.45, 2.75) is 26.3 Å². The molecule has 112 valence electrons. The Balaban J connectivity index is 2.02. The van der Waals surface area contributed by atoms with Gasteiger partial charge < -0.3 is 10.3 Å². The van der Waals surface area contributed by atoms with E-state index in [2.05, 4.69) is 27.5 Å². The van der Waals surface area contributed by atoms with Crippen LogP contribution in [0.3, 0.4) is 0 Å². The van der Waals surface area contributed by atoms with Crippen molar-refractivity contribution in [2.75, 3.05) is 11.9 Å². The smallest absolute Gasteiger partial charge is 0.257 e. The molecular formula is C14H18N4O2S. The van der Waals surface area contributed by atoms with Crippen LogP contribution in [-0.4, -0.2) is 22.4 Å². The minimum atomic E-state index is -0.337. The Hall–Kier alpha value is -1.99. The fourth-order valence-corrected chi connectivity index (χ4v) is 2.56. The van der Waals surface area contributed by atoms with Gasteiger partial charge in [-0.25, -0.2) is 4.98 Å². The van der Waals surface area contributed by atoms with Crippen molar-refractivity contribution in [1.82, 2.24) is 15.3 Å². The van der Waals surface area contributed by atoms with Gasteiger partial charge in [-0.05, 0) is 26.0 Å². The highest BCUT2D eigenvalue weighted by atomic mass is 32.1. The Kier molecular flexibility index (Phi) is 5.24. The fraction of sp³-hybridized carbons (Fsp3) is 0.357. The van der Waals surface area contributed by atoms with Gasteiger partial charge >= 0.3 is 0 Å². The summed E-state index contributed by atoms with van der Waals surface area (Å²) in [5.74, 6) is -0.337. The predicted octanol–water partition coefficient (Wildman–Crippen LogP) is 2.14. The van der Waals surface area contributed by atoms with Crippen molar-refractivity contribution in [3.63, 3.8) is 0 Å². The monoisotopic (exact) mass is 306 g/mol. The predicted molar refractivity (Wildman–Crippen MR) is 83.8 cm³/mol. The van der Waals surface area contributed by atoms with Crippen molar-refractivity contribution in [1.29, 1.82) is 0 Å². The molecule has 0 aliphatic carbocycles. The second-order valence-corrected chi connectivity index (χ2v) is 5.51. The molecule has 0 aliphatic heterocycles. The molecule has 2 heterocycles. The van der Waals surface area contributed by atoms with E-state index in [1.54, 1.807) is 6.07 Å². The third-order valence-corrected chi connectivity index (χ3v) is 3.70. The van der Waals surface area contributed by atoms with Crippen LogP contribution in [0.2, 0.25) is 0 Å². The zero-order valence-corrected chi connectivity index (χ0v) is 12.8. The Morgan fingerprint density at radius 1 is 1.52 bits per heavy atom. The zero-order valence-electron chi connectivity index (χ0n) is 12.0. The summed E-state index contributed by atoms with van der Waals surface area (Å²) in [5.41, 5.74) is 0.905. The molecule has 2 aromatic rings. The zero-order chi connectivity index (χ0) is 15.2. The molecule has 0 spiro atoms. The van der Waals surface area contributed by atoms with E-state index in [-0.39, 0.29) is 17.5 Å². The van der Waals surface area contributed by atoms with Gasteiger partial charge in [0.1, 0.15) is 0 Å². The molecule has 1 atom stereocenters. The molecule has 0 bridgehead atoms. The van der Waals surface area contributed by atoms with E-state index in [0.717, 1.165) is 18.7 Å². The number of aromatic nitrogens is 2. The van der Waals surface area contributed by atoms with E-state index in [1.165, 1.54) is 23.6 Å². The van der Waals surface area contributed by atoms with Gasteiger partial charge in [-0.1, -0.05) is 6.92 Å². The third kappa shape index (κ3) is 4.24. The lowest BCUT2D eigenvalue weighted by Gasteiger charge is -2.09. The number of anilines is 1. The fourth-order valence-electron chi connectivity index (χ4n) is 1.76. The molecule has 7 heteroatoms. The molecule has 21 heavy (non-hydrogen) atoms. The van der Waals surface area contributed by atoms with Gasteiger partial charge in [0, 0.05) is 29.2 Å². The van der Waals surface area contributed by atoms with Crippen molar-refractivity contribution in [2.24, 2.45) is 0 Å². The van der Waals surface area contributed by atoms with Gasteiger partial charge in [-0.15, -0.1) is 11.3 Å². The Bertz CT molecular complexity index is 665. The number of hydrogen-bond donors (Lipinski definition) is 3. The average Bonchev–Trinajstić information content (AvgIpc) is 2.93. The quantitative estimate of drug-likeness (QED) is 0.763.